The summed E-state index contributed by atoms with van der Waals surface area (Å²) >= 11 is 0. The largest absolute Gasteiger partial charge is 0.444 e. The molecule has 1 saturated carbocycles. The standard InChI is InChI=1S/C13H23NO3/c1-13(2,3)17-12(16)14-7-6-9-4-5-11(15)10(9)8-14/h9-11,15H,4-8H2,1-3H3/t9-,10+,11+/m1/s1. The lowest BCUT2D eigenvalue weighted by Gasteiger charge is -2.36. The average molecular weight is 241 g/mol. The van der Waals surface area contributed by atoms with Gasteiger partial charge in [-0.1, -0.05) is 0 Å². The molecule has 17 heavy (non-hydrogen) atoms. The lowest BCUT2D eigenvalue weighted by molar-refractivity contribution is 0.00177. The van der Waals surface area contributed by atoms with E-state index in [-0.39, 0.29) is 18.1 Å². The van der Waals surface area contributed by atoms with Crippen LogP contribution in [0.2, 0.25) is 0 Å². The van der Waals surface area contributed by atoms with E-state index < -0.39 is 5.60 Å². The minimum absolute atomic E-state index is 0.231. The molecule has 1 aliphatic carbocycles. The fourth-order valence-corrected chi connectivity index (χ4v) is 2.92. The topological polar surface area (TPSA) is 49.8 Å². The third-order valence-electron chi connectivity index (χ3n) is 3.79. The van der Waals surface area contributed by atoms with Gasteiger partial charge in [-0.05, 0) is 46.0 Å². The Morgan fingerprint density at radius 3 is 2.65 bits per heavy atom. The molecule has 98 valence electrons. The maximum atomic E-state index is 11.9. The smallest absolute Gasteiger partial charge is 0.410 e. The quantitative estimate of drug-likeness (QED) is 0.706. The van der Waals surface area contributed by atoms with Gasteiger partial charge in [0.25, 0.3) is 0 Å². The molecule has 1 saturated heterocycles. The van der Waals surface area contributed by atoms with Crippen LogP contribution in [0, 0.1) is 11.8 Å². The van der Waals surface area contributed by atoms with Crippen LogP contribution in [-0.4, -0.2) is 40.9 Å². The van der Waals surface area contributed by atoms with Crippen molar-refractivity contribution in [2.24, 2.45) is 11.8 Å². The highest BCUT2D eigenvalue weighted by Crippen LogP contribution is 2.38. The number of hydrogen-bond acceptors (Lipinski definition) is 3. The Kier molecular flexibility index (Phi) is 3.34. The Morgan fingerprint density at radius 1 is 1.29 bits per heavy atom. The molecule has 0 bridgehead atoms. The molecule has 1 amide bonds. The Bertz CT molecular complexity index is 298. The van der Waals surface area contributed by atoms with E-state index in [0.717, 1.165) is 25.8 Å². The van der Waals surface area contributed by atoms with Crippen LogP contribution in [0.15, 0.2) is 0 Å². The van der Waals surface area contributed by atoms with Crippen LogP contribution in [0.1, 0.15) is 40.0 Å². The van der Waals surface area contributed by atoms with Gasteiger partial charge in [-0.25, -0.2) is 4.79 Å². The zero-order valence-electron chi connectivity index (χ0n) is 11.0. The summed E-state index contributed by atoms with van der Waals surface area (Å²) in [7, 11) is 0. The van der Waals surface area contributed by atoms with Gasteiger partial charge >= 0.3 is 6.09 Å². The highest BCUT2D eigenvalue weighted by Gasteiger charge is 2.40. The summed E-state index contributed by atoms with van der Waals surface area (Å²) in [5, 5.41) is 9.88. The first kappa shape index (κ1) is 12.7. The summed E-state index contributed by atoms with van der Waals surface area (Å²) < 4.78 is 5.37. The van der Waals surface area contributed by atoms with Crippen LogP contribution in [-0.2, 0) is 4.74 Å². The zero-order valence-corrected chi connectivity index (χ0v) is 11.0. The minimum Gasteiger partial charge on any atom is -0.444 e. The van der Waals surface area contributed by atoms with Crippen molar-refractivity contribution in [2.45, 2.75) is 51.7 Å². The number of aliphatic hydroxyl groups is 1. The second-order valence-electron chi connectivity index (χ2n) is 6.28. The molecule has 0 radical (unpaired) electrons. The molecule has 0 aromatic carbocycles. The van der Waals surface area contributed by atoms with E-state index in [9.17, 15) is 9.90 Å². The predicted octanol–water partition coefficient (Wildman–Crippen LogP) is 2.01. The molecule has 1 aliphatic heterocycles. The first-order valence-electron chi connectivity index (χ1n) is 6.53. The number of piperidine rings is 1. The van der Waals surface area contributed by atoms with E-state index in [2.05, 4.69) is 0 Å². The molecule has 2 aliphatic rings. The third-order valence-corrected chi connectivity index (χ3v) is 3.79. The molecule has 4 nitrogen and oxygen atoms in total. The second kappa shape index (κ2) is 4.48. The van der Waals surface area contributed by atoms with E-state index in [1.54, 1.807) is 4.90 Å². The van der Waals surface area contributed by atoms with E-state index in [0.29, 0.717) is 12.5 Å². The zero-order chi connectivity index (χ0) is 12.6. The highest BCUT2D eigenvalue weighted by molar-refractivity contribution is 5.68. The number of carbonyl (C=O) groups excluding carboxylic acids is 1. The summed E-state index contributed by atoms with van der Waals surface area (Å²) in [5.41, 5.74) is -0.442. The molecule has 2 fully saturated rings. The molecule has 0 unspecified atom stereocenters. The maximum Gasteiger partial charge on any atom is 0.410 e. The predicted molar refractivity (Wildman–Crippen MR) is 64.6 cm³/mol. The van der Waals surface area contributed by atoms with Gasteiger partial charge in [0, 0.05) is 19.0 Å². The number of rotatable bonds is 0. The number of likely N-dealkylation sites (tertiary alicyclic amines) is 1. The summed E-state index contributed by atoms with van der Waals surface area (Å²) in [6.45, 7) is 7.05. The van der Waals surface area contributed by atoms with Gasteiger partial charge in [0.1, 0.15) is 5.60 Å². The summed E-state index contributed by atoms with van der Waals surface area (Å²) in [5.74, 6) is 0.861. The number of aliphatic hydroxyl groups excluding tert-OH is 1. The normalized spacial score (nSPS) is 33.4. The summed E-state index contributed by atoms with van der Waals surface area (Å²) in [4.78, 5) is 13.7. The van der Waals surface area contributed by atoms with Crippen LogP contribution in [0.3, 0.4) is 0 Å². The van der Waals surface area contributed by atoms with Gasteiger partial charge in [0.2, 0.25) is 0 Å². The molecular weight excluding hydrogens is 218 g/mol. The Balaban J connectivity index is 1.93. The molecule has 3 atom stereocenters. The average Bonchev–Trinajstić information content (AvgIpc) is 2.57. The molecule has 0 aromatic heterocycles. The Hall–Kier alpha value is -0.770. The van der Waals surface area contributed by atoms with Crippen molar-refractivity contribution in [2.75, 3.05) is 13.1 Å². The second-order valence-corrected chi connectivity index (χ2v) is 6.28. The molecule has 0 spiro atoms. The summed E-state index contributed by atoms with van der Waals surface area (Å²) in [6.07, 6.45) is 2.52. The van der Waals surface area contributed by atoms with Crippen LogP contribution < -0.4 is 0 Å². The lowest BCUT2D eigenvalue weighted by atomic mass is 9.88. The molecule has 4 heteroatoms. The van der Waals surface area contributed by atoms with Gasteiger partial charge in [-0.2, -0.15) is 0 Å². The van der Waals surface area contributed by atoms with Crippen LogP contribution in [0.25, 0.3) is 0 Å². The number of ether oxygens (including phenoxy) is 1. The first-order valence-corrected chi connectivity index (χ1v) is 6.53. The van der Waals surface area contributed by atoms with E-state index in [1.807, 2.05) is 20.8 Å². The van der Waals surface area contributed by atoms with Crippen LogP contribution in [0.5, 0.6) is 0 Å². The fourth-order valence-electron chi connectivity index (χ4n) is 2.92. The van der Waals surface area contributed by atoms with Crippen molar-refractivity contribution in [3.63, 3.8) is 0 Å². The van der Waals surface area contributed by atoms with Crippen molar-refractivity contribution in [1.82, 2.24) is 4.90 Å². The van der Waals surface area contributed by atoms with Gasteiger partial charge in [0.05, 0.1) is 6.10 Å². The van der Waals surface area contributed by atoms with Gasteiger partial charge in [0.15, 0.2) is 0 Å². The molecular formula is C13H23NO3. The molecule has 0 aromatic rings. The minimum atomic E-state index is -0.442. The number of amides is 1. The number of nitrogens with zero attached hydrogens (tertiary/aromatic N) is 1. The van der Waals surface area contributed by atoms with E-state index in [4.69, 9.17) is 4.74 Å². The van der Waals surface area contributed by atoms with Crippen molar-refractivity contribution >= 4 is 6.09 Å². The van der Waals surface area contributed by atoms with Crippen LogP contribution in [0.4, 0.5) is 4.79 Å². The van der Waals surface area contributed by atoms with Gasteiger partial charge < -0.3 is 14.7 Å². The number of fused-ring (bicyclic) bond motifs is 1. The van der Waals surface area contributed by atoms with Crippen molar-refractivity contribution in [3.05, 3.63) is 0 Å². The number of hydrogen-bond donors (Lipinski definition) is 1. The molecule has 2 rings (SSSR count). The molecule has 1 N–H and O–H groups in total. The molecule has 1 heterocycles. The van der Waals surface area contributed by atoms with Gasteiger partial charge in [-0.15, -0.1) is 0 Å². The first-order chi connectivity index (χ1) is 7.87. The van der Waals surface area contributed by atoms with Crippen molar-refractivity contribution in [3.8, 4) is 0 Å². The Labute approximate surface area is 103 Å². The van der Waals surface area contributed by atoms with Crippen LogP contribution >= 0.6 is 0 Å². The van der Waals surface area contributed by atoms with E-state index >= 15 is 0 Å². The fraction of sp³-hybridized carbons (Fsp3) is 0.923. The third kappa shape index (κ3) is 2.92. The lowest BCUT2D eigenvalue weighted by Crippen LogP contribution is -2.46. The summed E-state index contributed by atoms with van der Waals surface area (Å²) in [6, 6.07) is 0. The van der Waals surface area contributed by atoms with Crippen molar-refractivity contribution in [1.29, 1.82) is 0 Å². The SMILES string of the molecule is CC(C)(C)OC(=O)N1CC[C@H]2CC[C@H](O)[C@H]2C1. The van der Waals surface area contributed by atoms with Crippen molar-refractivity contribution < 1.29 is 14.6 Å². The monoisotopic (exact) mass is 241 g/mol. The van der Waals surface area contributed by atoms with Gasteiger partial charge in [-0.3, -0.25) is 0 Å². The van der Waals surface area contributed by atoms with E-state index in [1.165, 1.54) is 0 Å². The highest BCUT2D eigenvalue weighted by atomic mass is 16.6. The number of carbonyl (C=O) groups is 1. The Morgan fingerprint density at radius 2 is 2.00 bits per heavy atom. The maximum absolute atomic E-state index is 11.9.